The number of rotatable bonds is 5. The quantitative estimate of drug-likeness (QED) is 0.795. The highest BCUT2D eigenvalue weighted by atomic mass is 35.5. The molecule has 0 amide bonds. The molecule has 0 atom stereocenters. The van der Waals surface area contributed by atoms with Gasteiger partial charge in [-0.2, -0.15) is 0 Å². The molecule has 0 spiro atoms. The summed E-state index contributed by atoms with van der Waals surface area (Å²) in [6.45, 7) is 5.66. The number of likely N-dealkylation sites (N-methyl/N-ethyl adjacent to an activating group) is 1. The van der Waals surface area contributed by atoms with Gasteiger partial charge in [0, 0.05) is 19.1 Å². The number of hydrogen-bond donors (Lipinski definition) is 0. The van der Waals surface area contributed by atoms with Crippen LogP contribution in [0.15, 0.2) is 29.1 Å². The molecule has 1 aromatic carbocycles. The van der Waals surface area contributed by atoms with Crippen LogP contribution in [0.5, 0.6) is 0 Å². The summed E-state index contributed by atoms with van der Waals surface area (Å²) in [7, 11) is 2.05. The number of halogens is 1. The second kappa shape index (κ2) is 6.37. The molecule has 0 bridgehead atoms. The number of alkyl halides is 1. The third-order valence-corrected chi connectivity index (χ3v) is 3.86. The fourth-order valence-electron chi connectivity index (χ4n) is 2.06. The molecule has 0 radical (unpaired) electrons. The predicted octanol–water partition coefficient (Wildman–Crippen LogP) is 2.48. The molecule has 5 heteroatoms. The summed E-state index contributed by atoms with van der Waals surface area (Å²) in [5, 5.41) is 0.647. The van der Waals surface area contributed by atoms with Crippen molar-refractivity contribution in [1.82, 2.24) is 14.5 Å². The van der Waals surface area contributed by atoms with Gasteiger partial charge in [0.1, 0.15) is 5.82 Å². The topological polar surface area (TPSA) is 38.1 Å². The summed E-state index contributed by atoms with van der Waals surface area (Å²) >= 11 is 5.95. The molecule has 0 fully saturated rings. The highest BCUT2D eigenvalue weighted by molar-refractivity contribution is 6.16. The minimum Gasteiger partial charge on any atom is -0.302 e. The number of aromatic nitrogens is 2. The molecule has 4 nitrogen and oxygen atoms in total. The van der Waals surface area contributed by atoms with Gasteiger partial charge in [-0.15, -0.1) is 11.6 Å². The Morgan fingerprint density at radius 2 is 2.05 bits per heavy atom. The van der Waals surface area contributed by atoms with E-state index in [1.165, 1.54) is 0 Å². The van der Waals surface area contributed by atoms with Crippen LogP contribution in [-0.2, 0) is 12.4 Å². The Morgan fingerprint density at radius 3 is 2.70 bits per heavy atom. The highest BCUT2D eigenvalue weighted by Crippen LogP contribution is 2.09. The van der Waals surface area contributed by atoms with E-state index in [1.807, 2.05) is 31.3 Å². The fraction of sp³-hybridized carbons (Fsp3) is 0.467. The average molecular weight is 294 g/mol. The molecule has 0 aliphatic heterocycles. The molecule has 108 valence electrons. The van der Waals surface area contributed by atoms with E-state index >= 15 is 0 Å². The van der Waals surface area contributed by atoms with Crippen molar-refractivity contribution in [2.24, 2.45) is 0 Å². The molecule has 1 heterocycles. The monoisotopic (exact) mass is 293 g/mol. The molecule has 2 aromatic rings. The summed E-state index contributed by atoms with van der Waals surface area (Å²) in [6.07, 6.45) is 0. The van der Waals surface area contributed by atoms with Gasteiger partial charge in [-0.3, -0.25) is 9.36 Å². The molecule has 0 aliphatic rings. The second-order valence-corrected chi connectivity index (χ2v) is 5.48. The summed E-state index contributed by atoms with van der Waals surface area (Å²) in [5.74, 6) is 0.874. The minimum absolute atomic E-state index is 0.0107. The number of benzene rings is 1. The van der Waals surface area contributed by atoms with Gasteiger partial charge in [-0.05, 0) is 33.0 Å². The smallest absolute Gasteiger partial charge is 0.261 e. The van der Waals surface area contributed by atoms with Crippen molar-refractivity contribution in [3.05, 3.63) is 40.4 Å². The SMILES string of the molecule is CC(C)N(C)CCn1c(CCl)nc2ccccc2c1=O. The number of nitrogens with zero attached hydrogens (tertiary/aromatic N) is 3. The molecule has 1 aromatic heterocycles. The van der Waals surface area contributed by atoms with Gasteiger partial charge in [0.05, 0.1) is 16.8 Å². The molecule has 20 heavy (non-hydrogen) atoms. The number of fused-ring (bicyclic) bond motifs is 1. The lowest BCUT2D eigenvalue weighted by Gasteiger charge is -2.22. The average Bonchev–Trinajstić information content (AvgIpc) is 2.45. The molecule has 0 aliphatic carbocycles. The maximum atomic E-state index is 12.5. The zero-order valence-electron chi connectivity index (χ0n) is 12.1. The Kier molecular flexibility index (Phi) is 4.78. The lowest BCUT2D eigenvalue weighted by atomic mass is 10.2. The van der Waals surface area contributed by atoms with Crippen LogP contribution in [0.1, 0.15) is 19.7 Å². The van der Waals surface area contributed by atoms with Gasteiger partial charge in [0.15, 0.2) is 0 Å². The van der Waals surface area contributed by atoms with Gasteiger partial charge in [-0.1, -0.05) is 12.1 Å². The minimum atomic E-state index is -0.0107. The van der Waals surface area contributed by atoms with Crippen molar-refractivity contribution in [3.63, 3.8) is 0 Å². The molecular weight excluding hydrogens is 274 g/mol. The van der Waals surface area contributed by atoms with Crippen LogP contribution in [0.4, 0.5) is 0 Å². The maximum Gasteiger partial charge on any atom is 0.261 e. The van der Waals surface area contributed by atoms with Crippen molar-refractivity contribution < 1.29 is 0 Å². The van der Waals surface area contributed by atoms with E-state index in [4.69, 9.17) is 11.6 Å². The van der Waals surface area contributed by atoms with E-state index in [0.29, 0.717) is 29.3 Å². The normalized spacial score (nSPS) is 11.7. The molecule has 0 N–H and O–H groups in total. The fourth-order valence-corrected chi connectivity index (χ4v) is 2.27. The van der Waals surface area contributed by atoms with E-state index in [0.717, 1.165) is 6.54 Å². The van der Waals surface area contributed by atoms with Crippen molar-refractivity contribution in [1.29, 1.82) is 0 Å². The Balaban J connectivity index is 2.41. The van der Waals surface area contributed by atoms with Crippen molar-refractivity contribution in [2.45, 2.75) is 32.3 Å². The third-order valence-electron chi connectivity index (χ3n) is 3.62. The van der Waals surface area contributed by atoms with Gasteiger partial charge in [-0.25, -0.2) is 4.98 Å². The lowest BCUT2D eigenvalue weighted by Crippen LogP contribution is -2.34. The van der Waals surface area contributed by atoms with Gasteiger partial charge < -0.3 is 4.90 Å². The van der Waals surface area contributed by atoms with Crippen LogP contribution in [0, 0.1) is 0 Å². The molecule has 2 rings (SSSR count). The van der Waals surface area contributed by atoms with E-state index in [9.17, 15) is 4.79 Å². The summed E-state index contributed by atoms with van der Waals surface area (Å²) in [6, 6.07) is 7.83. The highest BCUT2D eigenvalue weighted by Gasteiger charge is 2.11. The van der Waals surface area contributed by atoms with Crippen LogP contribution < -0.4 is 5.56 Å². The van der Waals surface area contributed by atoms with Crippen molar-refractivity contribution in [3.8, 4) is 0 Å². The number of hydrogen-bond acceptors (Lipinski definition) is 3. The van der Waals surface area contributed by atoms with E-state index in [-0.39, 0.29) is 11.4 Å². The largest absolute Gasteiger partial charge is 0.302 e. The summed E-state index contributed by atoms with van der Waals surface area (Å²) in [4.78, 5) is 19.2. The van der Waals surface area contributed by atoms with E-state index in [2.05, 4.69) is 23.7 Å². The zero-order valence-corrected chi connectivity index (χ0v) is 12.9. The van der Waals surface area contributed by atoms with E-state index < -0.39 is 0 Å². The Labute approximate surface area is 124 Å². The maximum absolute atomic E-state index is 12.5. The first-order valence-electron chi connectivity index (χ1n) is 6.79. The van der Waals surface area contributed by atoms with Gasteiger partial charge >= 0.3 is 0 Å². The first kappa shape index (κ1) is 15.0. The molecule has 0 saturated carbocycles. The van der Waals surface area contributed by atoms with Crippen LogP contribution in [-0.4, -0.2) is 34.1 Å². The van der Waals surface area contributed by atoms with Crippen molar-refractivity contribution in [2.75, 3.05) is 13.6 Å². The van der Waals surface area contributed by atoms with Crippen molar-refractivity contribution >= 4 is 22.5 Å². The van der Waals surface area contributed by atoms with Gasteiger partial charge in [0.25, 0.3) is 5.56 Å². The zero-order chi connectivity index (χ0) is 14.7. The lowest BCUT2D eigenvalue weighted by molar-refractivity contribution is 0.260. The summed E-state index contributed by atoms with van der Waals surface area (Å²) in [5.41, 5.74) is 0.699. The Hall–Kier alpha value is -1.39. The first-order valence-corrected chi connectivity index (χ1v) is 7.32. The molecular formula is C15H20ClN3O. The van der Waals surface area contributed by atoms with Gasteiger partial charge in [0.2, 0.25) is 0 Å². The van der Waals surface area contributed by atoms with Crippen LogP contribution in [0.25, 0.3) is 10.9 Å². The summed E-state index contributed by atoms with van der Waals surface area (Å²) < 4.78 is 1.69. The Bertz CT molecular complexity index is 651. The van der Waals surface area contributed by atoms with Crippen LogP contribution in [0.3, 0.4) is 0 Å². The second-order valence-electron chi connectivity index (χ2n) is 5.21. The third kappa shape index (κ3) is 3.02. The Morgan fingerprint density at radius 1 is 1.35 bits per heavy atom. The molecule has 0 unspecified atom stereocenters. The van der Waals surface area contributed by atoms with E-state index in [1.54, 1.807) is 4.57 Å². The first-order chi connectivity index (χ1) is 9.54. The van der Waals surface area contributed by atoms with Crippen LogP contribution >= 0.6 is 11.6 Å². The standard InChI is InChI=1S/C15H20ClN3O/c1-11(2)18(3)8-9-19-14(10-16)17-13-7-5-4-6-12(13)15(19)20/h4-7,11H,8-10H2,1-3H3. The number of para-hydroxylation sites is 1. The van der Waals surface area contributed by atoms with Crippen LogP contribution in [0.2, 0.25) is 0 Å². The predicted molar refractivity (Wildman–Crippen MR) is 83.3 cm³/mol. The molecule has 0 saturated heterocycles.